The second-order valence-electron chi connectivity index (χ2n) is 4.60. The first-order valence-electron chi connectivity index (χ1n) is 5.94. The van der Waals surface area contributed by atoms with E-state index in [1.807, 2.05) is 32.9 Å². The van der Waals surface area contributed by atoms with Gasteiger partial charge in [0.1, 0.15) is 0 Å². The number of carbonyl (C=O) groups excluding carboxylic acids is 1. The number of nitrogens with zero attached hydrogens (tertiary/aromatic N) is 1. The number of rotatable bonds is 3. The molecule has 1 heterocycles. The Kier molecular flexibility index (Phi) is 3.46. The highest BCUT2D eigenvalue weighted by molar-refractivity contribution is 5.94. The van der Waals surface area contributed by atoms with Crippen molar-refractivity contribution in [3.63, 3.8) is 0 Å². The maximum Gasteiger partial charge on any atom is 0.251 e. The Labute approximate surface area is 106 Å². The van der Waals surface area contributed by atoms with Gasteiger partial charge in [0.2, 0.25) is 0 Å². The molecule has 1 aromatic heterocycles. The Hall–Kier alpha value is -2.10. The highest BCUT2D eigenvalue weighted by Crippen LogP contribution is 2.13. The highest BCUT2D eigenvalue weighted by atomic mass is 16.1. The summed E-state index contributed by atoms with van der Waals surface area (Å²) >= 11 is 0. The van der Waals surface area contributed by atoms with E-state index in [1.165, 1.54) is 0 Å². The van der Waals surface area contributed by atoms with E-state index in [2.05, 4.69) is 21.6 Å². The van der Waals surface area contributed by atoms with E-state index >= 15 is 0 Å². The van der Waals surface area contributed by atoms with Crippen LogP contribution in [-0.2, 0) is 0 Å². The molecule has 4 heteroatoms. The zero-order valence-corrected chi connectivity index (χ0v) is 10.8. The summed E-state index contributed by atoms with van der Waals surface area (Å²) in [6.45, 7) is 5.91. The van der Waals surface area contributed by atoms with Crippen LogP contribution in [0, 0.1) is 13.8 Å². The molecule has 0 fully saturated rings. The number of aromatic nitrogens is 2. The van der Waals surface area contributed by atoms with Crippen LogP contribution in [0.15, 0.2) is 30.6 Å². The van der Waals surface area contributed by atoms with Gasteiger partial charge in [0.25, 0.3) is 5.91 Å². The van der Waals surface area contributed by atoms with Crippen molar-refractivity contribution in [3.05, 3.63) is 52.8 Å². The lowest BCUT2D eigenvalue weighted by atomic mass is 10.1. The number of hydrogen-bond acceptors (Lipinski definition) is 2. The smallest absolute Gasteiger partial charge is 0.251 e. The third-order valence-corrected chi connectivity index (χ3v) is 2.85. The van der Waals surface area contributed by atoms with Crippen molar-refractivity contribution in [2.45, 2.75) is 26.8 Å². The topological polar surface area (TPSA) is 57.8 Å². The van der Waals surface area contributed by atoms with Gasteiger partial charge in [-0.15, -0.1) is 0 Å². The number of H-pyrrole nitrogens is 1. The van der Waals surface area contributed by atoms with E-state index in [4.69, 9.17) is 0 Å². The molecule has 4 nitrogen and oxygen atoms in total. The molecule has 2 rings (SSSR count). The fraction of sp³-hybridized carbons (Fsp3) is 0.286. The number of carbonyl (C=O) groups is 1. The maximum atomic E-state index is 12.1. The van der Waals surface area contributed by atoms with Gasteiger partial charge in [-0.3, -0.25) is 9.89 Å². The molecule has 0 aliphatic carbocycles. The Morgan fingerprint density at radius 3 is 2.50 bits per heavy atom. The lowest BCUT2D eigenvalue weighted by Crippen LogP contribution is -2.26. The Morgan fingerprint density at radius 1 is 1.28 bits per heavy atom. The van der Waals surface area contributed by atoms with Crippen LogP contribution in [0.1, 0.15) is 40.0 Å². The van der Waals surface area contributed by atoms with Gasteiger partial charge in [-0.25, -0.2) is 0 Å². The van der Waals surface area contributed by atoms with Crippen molar-refractivity contribution in [2.75, 3.05) is 0 Å². The molecule has 0 spiro atoms. The largest absolute Gasteiger partial charge is 0.345 e. The Bertz CT molecular complexity index is 526. The van der Waals surface area contributed by atoms with Gasteiger partial charge in [-0.05, 0) is 32.9 Å². The molecule has 2 aromatic rings. The summed E-state index contributed by atoms with van der Waals surface area (Å²) in [4.78, 5) is 12.1. The monoisotopic (exact) mass is 243 g/mol. The number of nitrogens with one attached hydrogen (secondary N) is 2. The van der Waals surface area contributed by atoms with Gasteiger partial charge < -0.3 is 5.32 Å². The number of aromatic amines is 1. The first-order chi connectivity index (χ1) is 8.56. The molecule has 1 atom stereocenters. The van der Waals surface area contributed by atoms with Gasteiger partial charge >= 0.3 is 0 Å². The molecule has 2 N–H and O–H groups in total. The van der Waals surface area contributed by atoms with E-state index in [9.17, 15) is 4.79 Å². The molecule has 18 heavy (non-hydrogen) atoms. The van der Waals surface area contributed by atoms with Crippen molar-refractivity contribution < 1.29 is 4.79 Å². The van der Waals surface area contributed by atoms with E-state index in [-0.39, 0.29) is 11.9 Å². The lowest BCUT2D eigenvalue weighted by molar-refractivity contribution is 0.0939. The van der Waals surface area contributed by atoms with Gasteiger partial charge in [-0.1, -0.05) is 17.2 Å². The van der Waals surface area contributed by atoms with Crippen LogP contribution in [0.25, 0.3) is 0 Å². The minimum Gasteiger partial charge on any atom is -0.345 e. The van der Waals surface area contributed by atoms with Crippen molar-refractivity contribution in [1.82, 2.24) is 15.5 Å². The average molecular weight is 243 g/mol. The zero-order chi connectivity index (χ0) is 13.1. The molecule has 0 aliphatic heterocycles. The van der Waals surface area contributed by atoms with Crippen LogP contribution >= 0.6 is 0 Å². The minimum atomic E-state index is -0.0597. The molecule has 0 bridgehead atoms. The molecular formula is C14H17N3O. The quantitative estimate of drug-likeness (QED) is 0.870. The van der Waals surface area contributed by atoms with Gasteiger partial charge in [0, 0.05) is 17.3 Å². The van der Waals surface area contributed by atoms with Crippen molar-refractivity contribution in [1.29, 1.82) is 0 Å². The normalized spacial score (nSPS) is 12.2. The first-order valence-corrected chi connectivity index (χ1v) is 5.94. The molecule has 1 aromatic carbocycles. The standard InChI is InChI=1S/C14H17N3O/c1-9-4-10(2)6-12(5-9)14(18)17-11(3)13-7-15-16-8-13/h4-8,11H,1-3H3,(H,15,16)(H,17,18). The van der Waals surface area contributed by atoms with Crippen LogP contribution in [0.5, 0.6) is 0 Å². The third-order valence-electron chi connectivity index (χ3n) is 2.85. The SMILES string of the molecule is Cc1cc(C)cc(C(=O)NC(C)c2cn[nH]c2)c1. The number of aryl methyl sites for hydroxylation is 2. The molecule has 1 amide bonds. The molecule has 0 aliphatic rings. The number of benzene rings is 1. The van der Waals surface area contributed by atoms with Gasteiger partial charge in [0.15, 0.2) is 0 Å². The summed E-state index contributed by atoms with van der Waals surface area (Å²) in [7, 11) is 0. The summed E-state index contributed by atoms with van der Waals surface area (Å²) in [5.41, 5.74) is 3.85. The van der Waals surface area contributed by atoms with Gasteiger partial charge in [-0.2, -0.15) is 5.10 Å². The number of amides is 1. The van der Waals surface area contributed by atoms with Crippen molar-refractivity contribution in [2.24, 2.45) is 0 Å². The molecule has 94 valence electrons. The van der Waals surface area contributed by atoms with Crippen LogP contribution in [0.2, 0.25) is 0 Å². The van der Waals surface area contributed by atoms with Crippen LogP contribution in [0.4, 0.5) is 0 Å². The molecular weight excluding hydrogens is 226 g/mol. The fourth-order valence-corrected chi connectivity index (χ4v) is 1.97. The predicted molar refractivity (Wildman–Crippen MR) is 70.4 cm³/mol. The summed E-state index contributed by atoms with van der Waals surface area (Å²) in [5, 5.41) is 9.57. The Balaban J connectivity index is 2.12. The summed E-state index contributed by atoms with van der Waals surface area (Å²) in [5.74, 6) is -0.0597. The summed E-state index contributed by atoms with van der Waals surface area (Å²) in [6.07, 6.45) is 3.50. The molecule has 1 unspecified atom stereocenters. The van der Waals surface area contributed by atoms with Crippen LogP contribution in [-0.4, -0.2) is 16.1 Å². The lowest BCUT2D eigenvalue weighted by Gasteiger charge is -2.12. The van der Waals surface area contributed by atoms with E-state index in [1.54, 1.807) is 12.4 Å². The molecule has 0 saturated heterocycles. The van der Waals surface area contributed by atoms with E-state index < -0.39 is 0 Å². The molecule has 0 radical (unpaired) electrons. The summed E-state index contributed by atoms with van der Waals surface area (Å²) in [6, 6.07) is 5.78. The van der Waals surface area contributed by atoms with E-state index in [0.717, 1.165) is 16.7 Å². The summed E-state index contributed by atoms with van der Waals surface area (Å²) < 4.78 is 0. The van der Waals surface area contributed by atoms with Crippen molar-refractivity contribution in [3.8, 4) is 0 Å². The van der Waals surface area contributed by atoms with E-state index in [0.29, 0.717) is 5.56 Å². The van der Waals surface area contributed by atoms with Crippen molar-refractivity contribution >= 4 is 5.91 Å². The third kappa shape index (κ3) is 2.77. The van der Waals surface area contributed by atoms with Crippen LogP contribution < -0.4 is 5.32 Å². The Morgan fingerprint density at radius 2 is 1.94 bits per heavy atom. The predicted octanol–water partition coefficient (Wildman–Crippen LogP) is 2.52. The molecule has 0 saturated carbocycles. The van der Waals surface area contributed by atoms with Crippen LogP contribution in [0.3, 0.4) is 0 Å². The fourth-order valence-electron chi connectivity index (χ4n) is 1.97. The second-order valence-corrected chi connectivity index (χ2v) is 4.60. The zero-order valence-electron chi connectivity index (χ0n) is 10.8. The van der Waals surface area contributed by atoms with Gasteiger partial charge in [0.05, 0.1) is 12.2 Å². The maximum absolute atomic E-state index is 12.1. The first kappa shape index (κ1) is 12.4. The second kappa shape index (κ2) is 5.04. The highest BCUT2D eigenvalue weighted by Gasteiger charge is 2.12. The minimum absolute atomic E-state index is 0.0583. The number of hydrogen-bond donors (Lipinski definition) is 2. The average Bonchev–Trinajstić information content (AvgIpc) is 2.80.